The molecule has 1 aromatic heterocycles. The summed E-state index contributed by atoms with van der Waals surface area (Å²) in [5.74, 6) is 0.529. The number of carbonyl (C=O) groups excluding carboxylic acids is 1. The predicted molar refractivity (Wildman–Crippen MR) is 53.2 cm³/mol. The minimum atomic E-state index is 0.406. The molecule has 0 N–H and O–H groups in total. The summed E-state index contributed by atoms with van der Waals surface area (Å²) in [4.78, 5) is 10.7. The largest absolute Gasteiger partial charge is 0.494 e. The highest BCUT2D eigenvalue weighted by Crippen LogP contribution is 2.35. The van der Waals surface area contributed by atoms with E-state index in [9.17, 15) is 4.79 Å². The van der Waals surface area contributed by atoms with Crippen molar-refractivity contribution in [3.63, 3.8) is 0 Å². The van der Waals surface area contributed by atoms with Gasteiger partial charge < -0.3 is 9.15 Å². The molecule has 0 unspecified atom stereocenters. The number of halogens is 1. The summed E-state index contributed by atoms with van der Waals surface area (Å²) >= 11 is 5.92. The van der Waals surface area contributed by atoms with Crippen molar-refractivity contribution in [2.45, 2.75) is 0 Å². The number of furan rings is 1. The molecule has 0 fully saturated rings. The summed E-state index contributed by atoms with van der Waals surface area (Å²) < 4.78 is 10.3. The Kier molecular flexibility index (Phi) is 2.17. The molecule has 1 heterocycles. The first-order chi connectivity index (χ1) is 6.77. The van der Waals surface area contributed by atoms with Gasteiger partial charge in [0.25, 0.3) is 0 Å². The quantitative estimate of drug-likeness (QED) is 0.716. The Bertz CT molecular complexity index is 487. The molecular weight excluding hydrogens is 204 g/mol. The molecular formula is C10H7ClO3. The Balaban J connectivity index is 2.88. The van der Waals surface area contributed by atoms with E-state index in [0.29, 0.717) is 33.6 Å². The summed E-state index contributed by atoms with van der Waals surface area (Å²) in [5, 5.41) is 1.12. The van der Waals surface area contributed by atoms with E-state index >= 15 is 0 Å². The molecule has 0 aliphatic rings. The van der Waals surface area contributed by atoms with Gasteiger partial charge >= 0.3 is 0 Å². The van der Waals surface area contributed by atoms with Gasteiger partial charge in [0.2, 0.25) is 0 Å². The van der Waals surface area contributed by atoms with Crippen molar-refractivity contribution in [2.75, 3.05) is 7.11 Å². The van der Waals surface area contributed by atoms with Crippen LogP contribution < -0.4 is 4.74 Å². The van der Waals surface area contributed by atoms with Gasteiger partial charge in [-0.3, -0.25) is 4.79 Å². The fourth-order valence-corrected chi connectivity index (χ4v) is 1.70. The number of carbonyl (C=O) groups is 1. The topological polar surface area (TPSA) is 39.4 Å². The molecule has 2 rings (SSSR count). The standard InChI is InChI=1S/C10H7ClO3/c1-13-10-7-2-3-14-9(7)6(5-12)4-8(10)11/h2-5H,1H3. The highest BCUT2D eigenvalue weighted by Gasteiger charge is 2.13. The Morgan fingerprint density at radius 1 is 1.57 bits per heavy atom. The van der Waals surface area contributed by atoms with Crippen LogP contribution in [0.15, 0.2) is 22.8 Å². The molecule has 0 amide bonds. The Labute approximate surface area is 85.2 Å². The molecule has 14 heavy (non-hydrogen) atoms. The second-order valence-corrected chi connectivity index (χ2v) is 3.17. The van der Waals surface area contributed by atoms with Gasteiger partial charge in [0.05, 0.1) is 29.3 Å². The van der Waals surface area contributed by atoms with Gasteiger partial charge in [0, 0.05) is 0 Å². The van der Waals surface area contributed by atoms with Crippen molar-refractivity contribution in [1.29, 1.82) is 0 Å². The van der Waals surface area contributed by atoms with E-state index in [1.165, 1.54) is 19.4 Å². The van der Waals surface area contributed by atoms with Gasteiger partial charge in [-0.1, -0.05) is 11.6 Å². The number of rotatable bonds is 2. The summed E-state index contributed by atoms with van der Waals surface area (Å²) in [7, 11) is 1.52. The third-order valence-electron chi connectivity index (χ3n) is 2.00. The maximum atomic E-state index is 10.7. The van der Waals surface area contributed by atoms with E-state index in [2.05, 4.69) is 0 Å². The van der Waals surface area contributed by atoms with Crippen molar-refractivity contribution < 1.29 is 13.9 Å². The van der Waals surface area contributed by atoms with Crippen molar-refractivity contribution in [2.24, 2.45) is 0 Å². The summed E-state index contributed by atoms with van der Waals surface area (Å²) in [6.07, 6.45) is 2.20. The molecule has 2 aromatic rings. The number of hydrogen-bond acceptors (Lipinski definition) is 3. The molecule has 0 aliphatic heterocycles. The van der Waals surface area contributed by atoms with E-state index in [-0.39, 0.29) is 0 Å². The lowest BCUT2D eigenvalue weighted by atomic mass is 10.1. The maximum absolute atomic E-state index is 10.7. The number of hydrogen-bond donors (Lipinski definition) is 0. The fourth-order valence-electron chi connectivity index (χ4n) is 1.40. The number of benzene rings is 1. The van der Waals surface area contributed by atoms with Crippen molar-refractivity contribution in [3.8, 4) is 5.75 Å². The molecule has 4 heteroatoms. The molecule has 0 saturated carbocycles. The van der Waals surface area contributed by atoms with Gasteiger partial charge in [0.1, 0.15) is 11.3 Å². The second kappa shape index (κ2) is 3.35. The highest BCUT2D eigenvalue weighted by molar-refractivity contribution is 6.33. The molecule has 1 aromatic carbocycles. The number of ether oxygens (including phenoxy) is 1. The van der Waals surface area contributed by atoms with Crippen molar-refractivity contribution in [1.82, 2.24) is 0 Å². The predicted octanol–water partition coefficient (Wildman–Crippen LogP) is 2.91. The Hall–Kier alpha value is -1.48. The van der Waals surface area contributed by atoms with Gasteiger partial charge in [-0.2, -0.15) is 0 Å². The fraction of sp³-hybridized carbons (Fsp3) is 0.100. The van der Waals surface area contributed by atoms with Crippen LogP contribution in [0.4, 0.5) is 0 Å². The SMILES string of the molecule is COc1c(Cl)cc(C=O)c2occc12. The molecule has 0 saturated heterocycles. The lowest BCUT2D eigenvalue weighted by Gasteiger charge is -2.04. The van der Waals surface area contributed by atoms with Crippen molar-refractivity contribution >= 4 is 28.9 Å². The first kappa shape index (κ1) is 9.09. The normalized spacial score (nSPS) is 10.4. The zero-order chi connectivity index (χ0) is 10.1. The molecule has 3 nitrogen and oxygen atoms in total. The van der Waals surface area contributed by atoms with E-state index in [0.717, 1.165) is 0 Å². The van der Waals surface area contributed by atoms with Crippen LogP contribution in [0.1, 0.15) is 10.4 Å². The van der Waals surface area contributed by atoms with Crippen LogP contribution in [0.25, 0.3) is 11.0 Å². The van der Waals surface area contributed by atoms with Crippen LogP contribution in [0.3, 0.4) is 0 Å². The summed E-state index contributed by atoms with van der Waals surface area (Å²) in [6, 6.07) is 3.24. The van der Waals surface area contributed by atoms with Gasteiger partial charge in [-0.25, -0.2) is 0 Å². The van der Waals surface area contributed by atoms with Crippen LogP contribution in [0.5, 0.6) is 5.75 Å². The zero-order valence-corrected chi connectivity index (χ0v) is 8.17. The lowest BCUT2D eigenvalue weighted by molar-refractivity contribution is 0.112. The molecule has 0 atom stereocenters. The second-order valence-electron chi connectivity index (χ2n) is 2.76. The van der Waals surface area contributed by atoms with Crippen LogP contribution >= 0.6 is 11.6 Å². The Morgan fingerprint density at radius 2 is 2.36 bits per heavy atom. The summed E-state index contributed by atoms with van der Waals surface area (Å²) in [6.45, 7) is 0. The molecule has 0 aliphatic carbocycles. The van der Waals surface area contributed by atoms with Crippen LogP contribution in [0, 0.1) is 0 Å². The molecule has 0 bridgehead atoms. The number of fused-ring (bicyclic) bond motifs is 1. The summed E-state index contributed by atoms with van der Waals surface area (Å²) in [5.41, 5.74) is 0.928. The van der Waals surface area contributed by atoms with Crippen LogP contribution in [-0.4, -0.2) is 13.4 Å². The zero-order valence-electron chi connectivity index (χ0n) is 7.41. The van der Waals surface area contributed by atoms with Gasteiger partial charge in [0.15, 0.2) is 6.29 Å². The van der Waals surface area contributed by atoms with Crippen molar-refractivity contribution in [3.05, 3.63) is 29.0 Å². The molecule has 0 radical (unpaired) electrons. The first-order valence-corrected chi connectivity index (χ1v) is 4.34. The Morgan fingerprint density at radius 3 is 3.00 bits per heavy atom. The first-order valence-electron chi connectivity index (χ1n) is 3.96. The average molecular weight is 211 g/mol. The monoisotopic (exact) mass is 210 g/mol. The molecule has 72 valence electrons. The number of aldehydes is 1. The maximum Gasteiger partial charge on any atom is 0.153 e. The minimum absolute atomic E-state index is 0.406. The van der Waals surface area contributed by atoms with E-state index in [4.69, 9.17) is 20.8 Å². The van der Waals surface area contributed by atoms with E-state index in [1.807, 2.05) is 0 Å². The smallest absolute Gasteiger partial charge is 0.153 e. The minimum Gasteiger partial charge on any atom is -0.494 e. The van der Waals surface area contributed by atoms with Gasteiger partial charge in [-0.15, -0.1) is 0 Å². The van der Waals surface area contributed by atoms with E-state index < -0.39 is 0 Å². The van der Waals surface area contributed by atoms with E-state index in [1.54, 1.807) is 6.07 Å². The third-order valence-corrected chi connectivity index (χ3v) is 2.28. The number of methoxy groups -OCH3 is 1. The lowest BCUT2D eigenvalue weighted by Crippen LogP contribution is -1.88. The highest BCUT2D eigenvalue weighted by atomic mass is 35.5. The third kappa shape index (κ3) is 1.17. The van der Waals surface area contributed by atoms with Gasteiger partial charge in [-0.05, 0) is 12.1 Å². The van der Waals surface area contributed by atoms with Crippen LogP contribution in [0.2, 0.25) is 5.02 Å². The average Bonchev–Trinajstić information content (AvgIpc) is 2.65. The molecule has 0 spiro atoms. The van der Waals surface area contributed by atoms with Crippen LogP contribution in [-0.2, 0) is 0 Å².